The van der Waals surface area contributed by atoms with E-state index in [0.29, 0.717) is 23.0 Å². The van der Waals surface area contributed by atoms with Crippen molar-refractivity contribution in [3.63, 3.8) is 0 Å². The Morgan fingerprint density at radius 1 is 0.970 bits per heavy atom. The number of fused-ring (bicyclic) bond motifs is 1. The lowest BCUT2D eigenvalue weighted by Gasteiger charge is -2.37. The summed E-state index contributed by atoms with van der Waals surface area (Å²) in [5, 5.41) is 6.38. The zero-order chi connectivity index (χ0) is 22.8. The highest BCUT2D eigenvalue weighted by Gasteiger charge is 2.25. The summed E-state index contributed by atoms with van der Waals surface area (Å²) in [5.74, 6) is -0.459. The summed E-state index contributed by atoms with van der Waals surface area (Å²) in [5.41, 5.74) is 12.2. The van der Waals surface area contributed by atoms with Crippen molar-refractivity contribution in [1.29, 1.82) is 0 Å². The topological polar surface area (TPSA) is 70.4 Å². The Morgan fingerprint density at radius 2 is 1.73 bits per heavy atom. The lowest BCUT2D eigenvalue weighted by atomic mass is 9.86. The number of nitrogen functional groups attached to an aromatic ring is 1. The molecule has 6 heteroatoms. The monoisotopic (exact) mass is 444 g/mol. The first-order valence-corrected chi connectivity index (χ1v) is 11.6. The number of halogens is 1. The normalized spacial score (nSPS) is 18.5. The number of piperazine rings is 1. The molecule has 3 aromatic rings. The van der Waals surface area contributed by atoms with Crippen LogP contribution in [0.5, 0.6) is 0 Å². The Kier molecular flexibility index (Phi) is 6.11. The molecule has 0 bridgehead atoms. The van der Waals surface area contributed by atoms with Gasteiger partial charge in [0.1, 0.15) is 5.82 Å². The van der Waals surface area contributed by atoms with Crippen molar-refractivity contribution in [3.05, 3.63) is 83.2 Å². The van der Waals surface area contributed by atoms with E-state index < -0.39 is 0 Å². The second-order valence-electron chi connectivity index (χ2n) is 8.93. The molecular formula is C27H29FN4O. The van der Waals surface area contributed by atoms with Gasteiger partial charge < -0.3 is 16.4 Å². The van der Waals surface area contributed by atoms with Crippen LogP contribution in [-0.4, -0.2) is 43.0 Å². The SMILES string of the molecule is Nc1ccc(-c2ccc(F)cc2)cc1NC(=O)c1ccc2c(c1)CCC(N1CCNCC1)C2. The molecule has 33 heavy (non-hydrogen) atoms. The van der Waals surface area contributed by atoms with Gasteiger partial charge >= 0.3 is 0 Å². The largest absolute Gasteiger partial charge is 0.397 e. The van der Waals surface area contributed by atoms with Crippen LogP contribution in [0.4, 0.5) is 15.8 Å². The number of amides is 1. The number of nitrogens with two attached hydrogens (primary N) is 1. The van der Waals surface area contributed by atoms with E-state index >= 15 is 0 Å². The third kappa shape index (κ3) is 4.77. The van der Waals surface area contributed by atoms with Gasteiger partial charge in [0, 0.05) is 37.8 Å². The Bertz CT molecular complexity index is 1160. The molecule has 1 fully saturated rings. The van der Waals surface area contributed by atoms with Gasteiger partial charge in [0.05, 0.1) is 11.4 Å². The zero-order valence-electron chi connectivity index (χ0n) is 18.6. The highest BCUT2D eigenvalue weighted by molar-refractivity contribution is 6.06. The number of hydrogen-bond donors (Lipinski definition) is 3. The first-order chi connectivity index (χ1) is 16.1. The predicted molar refractivity (Wildman–Crippen MR) is 131 cm³/mol. The van der Waals surface area contributed by atoms with Gasteiger partial charge in [0.2, 0.25) is 0 Å². The number of rotatable bonds is 4. The van der Waals surface area contributed by atoms with Gasteiger partial charge in [-0.1, -0.05) is 24.3 Å². The molecule has 1 amide bonds. The summed E-state index contributed by atoms with van der Waals surface area (Å²) < 4.78 is 13.3. The summed E-state index contributed by atoms with van der Waals surface area (Å²) in [6, 6.07) is 18.4. The van der Waals surface area contributed by atoms with Crippen LogP contribution in [0.2, 0.25) is 0 Å². The smallest absolute Gasteiger partial charge is 0.255 e. The van der Waals surface area contributed by atoms with Crippen molar-refractivity contribution in [1.82, 2.24) is 10.2 Å². The lowest BCUT2D eigenvalue weighted by molar-refractivity contribution is 0.102. The molecule has 3 aromatic carbocycles. The predicted octanol–water partition coefficient (Wildman–Crippen LogP) is 4.09. The molecule has 1 aliphatic heterocycles. The highest BCUT2D eigenvalue weighted by Crippen LogP contribution is 2.29. The third-order valence-corrected chi connectivity index (χ3v) is 6.82. The molecule has 1 atom stereocenters. The molecule has 0 aromatic heterocycles. The first-order valence-electron chi connectivity index (χ1n) is 11.6. The van der Waals surface area contributed by atoms with Crippen LogP contribution < -0.4 is 16.4 Å². The van der Waals surface area contributed by atoms with Crippen molar-refractivity contribution in [2.24, 2.45) is 0 Å². The van der Waals surface area contributed by atoms with E-state index in [4.69, 9.17) is 5.73 Å². The maximum Gasteiger partial charge on any atom is 0.255 e. The van der Waals surface area contributed by atoms with E-state index in [-0.39, 0.29) is 11.7 Å². The van der Waals surface area contributed by atoms with Gasteiger partial charge in [-0.2, -0.15) is 0 Å². The molecular weight excluding hydrogens is 415 g/mol. The Morgan fingerprint density at radius 3 is 2.52 bits per heavy atom. The standard InChI is InChI=1S/C27H29FN4O/c28-23-7-3-18(4-8-23)21-6-10-25(29)26(17-21)31-27(33)22-2-1-20-16-24(9-5-19(20)15-22)32-13-11-30-12-14-32/h1-4,6-8,10,15,17,24,30H,5,9,11-14,16,29H2,(H,31,33). The van der Waals surface area contributed by atoms with E-state index in [0.717, 1.165) is 56.6 Å². The van der Waals surface area contributed by atoms with Gasteiger partial charge in [0.15, 0.2) is 0 Å². The van der Waals surface area contributed by atoms with Crippen LogP contribution in [0.1, 0.15) is 27.9 Å². The molecule has 1 unspecified atom stereocenters. The second-order valence-corrected chi connectivity index (χ2v) is 8.93. The summed E-state index contributed by atoms with van der Waals surface area (Å²) in [6.45, 7) is 4.35. The fraction of sp³-hybridized carbons (Fsp3) is 0.296. The van der Waals surface area contributed by atoms with Crippen LogP contribution in [0.25, 0.3) is 11.1 Å². The number of hydrogen-bond acceptors (Lipinski definition) is 4. The Balaban J connectivity index is 1.31. The summed E-state index contributed by atoms with van der Waals surface area (Å²) >= 11 is 0. The first kappa shape index (κ1) is 21.6. The van der Waals surface area contributed by atoms with E-state index in [1.165, 1.54) is 23.3 Å². The fourth-order valence-electron chi connectivity index (χ4n) is 4.92. The molecule has 0 radical (unpaired) electrons. The molecule has 5 nitrogen and oxygen atoms in total. The van der Waals surface area contributed by atoms with Crippen molar-refractivity contribution >= 4 is 17.3 Å². The lowest BCUT2D eigenvalue weighted by Crippen LogP contribution is -2.50. The number of anilines is 2. The summed E-state index contributed by atoms with van der Waals surface area (Å²) in [4.78, 5) is 15.6. The van der Waals surface area contributed by atoms with E-state index in [1.54, 1.807) is 18.2 Å². The number of nitrogens with zero attached hydrogens (tertiary/aromatic N) is 1. The second kappa shape index (κ2) is 9.33. The van der Waals surface area contributed by atoms with Gasteiger partial charge in [-0.25, -0.2) is 4.39 Å². The summed E-state index contributed by atoms with van der Waals surface area (Å²) in [7, 11) is 0. The number of nitrogens with one attached hydrogen (secondary N) is 2. The fourth-order valence-corrected chi connectivity index (χ4v) is 4.92. The molecule has 4 N–H and O–H groups in total. The van der Waals surface area contributed by atoms with Crippen molar-refractivity contribution in [2.75, 3.05) is 37.2 Å². The average molecular weight is 445 g/mol. The van der Waals surface area contributed by atoms with Crippen molar-refractivity contribution in [3.8, 4) is 11.1 Å². The molecule has 0 spiro atoms. The molecule has 0 saturated carbocycles. The van der Waals surface area contributed by atoms with Crippen LogP contribution in [0.3, 0.4) is 0 Å². The van der Waals surface area contributed by atoms with Gasteiger partial charge in [-0.05, 0) is 77.9 Å². The average Bonchev–Trinajstić information content (AvgIpc) is 2.86. The Hall–Kier alpha value is -3.22. The minimum absolute atomic E-state index is 0.176. The van der Waals surface area contributed by atoms with E-state index in [9.17, 15) is 9.18 Å². The van der Waals surface area contributed by atoms with Gasteiger partial charge in [0.25, 0.3) is 5.91 Å². The van der Waals surface area contributed by atoms with Crippen LogP contribution in [0.15, 0.2) is 60.7 Å². The van der Waals surface area contributed by atoms with Crippen molar-refractivity contribution < 1.29 is 9.18 Å². The minimum atomic E-state index is -0.283. The third-order valence-electron chi connectivity index (χ3n) is 6.82. The van der Waals surface area contributed by atoms with Gasteiger partial charge in [-0.15, -0.1) is 0 Å². The molecule has 170 valence electrons. The maximum absolute atomic E-state index is 13.3. The zero-order valence-corrected chi connectivity index (χ0v) is 18.6. The van der Waals surface area contributed by atoms with Crippen LogP contribution in [0, 0.1) is 5.82 Å². The molecule has 1 aliphatic carbocycles. The maximum atomic E-state index is 13.3. The van der Waals surface area contributed by atoms with E-state index in [2.05, 4.69) is 21.6 Å². The Labute approximate surface area is 193 Å². The number of benzene rings is 3. The number of carbonyl (C=O) groups is 1. The quantitative estimate of drug-likeness (QED) is 0.530. The van der Waals surface area contributed by atoms with Crippen molar-refractivity contribution in [2.45, 2.75) is 25.3 Å². The van der Waals surface area contributed by atoms with Gasteiger partial charge in [-0.3, -0.25) is 9.69 Å². The number of aryl methyl sites for hydroxylation is 1. The minimum Gasteiger partial charge on any atom is -0.397 e. The van der Waals surface area contributed by atoms with E-state index in [1.807, 2.05) is 24.3 Å². The number of carbonyl (C=O) groups excluding carboxylic acids is 1. The van der Waals surface area contributed by atoms with Crippen LogP contribution >= 0.6 is 0 Å². The van der Waals surface area contributed by atoms with Crippen LogP contribution in [-0.2, 0) is 12.8 Å². The highest BCUT2D eigenvalue weighted by atomic mass is 19.1. The molecule has 5 rings (SSSR count). The molecule has 1 heterocycles. The summed E-state index contributed by atoms with van der Waals surface area (Å²) in [6.07, 6.45) is 3.17. The molecule has 1 saturated heterocycles. The molecule has 2 aliphatic rings.